The Bertz CT molecular complexity index is 2320. The summed E-state index contributed by atoms with van der Waals surface area (Å²) in [6.45, 7) is 8.31. The lowest BCUT2D eigenvalue weighted by atomic mass is 9.88. The van der Waals surface area contributed by atoms with Gasteiger partial charge >= 0.3 is 6.09 Å². The van der Waals surface area contributed by atoms with Crippen molar-refractivity contribution in [1.82, 2.24) is 30.2 Å². The number of hydrogen-bond donors (Lipinski definition) is 4. The zero-order valence-corrected chi connectivity index (χ0v) is 36.0. The van der Waals surface area contributed by atoms with Crippen LogP contribution in [0, 0.1) is 5.92 Å². The summed E-state index contributed by atoms with van der Waals surface area (Å²) in [5.74, 6) is -1.20. The van der Waals surface area contributed by atoms with Crippen molar-refractivity contribution in [1.29, 1.82) is 0 Å². The summed E-state index contributed by atoms with van der Waals surface area (Å²) >= 11 is 0. The van der Waals surface area contributed by atoms with Gasteiger partial charge in [0.15, 0.2) is 5.60 Å². The van der Waals surface area contributed by atoms with Gasteiger partial charge in [-0.3, -0.25) is 24.1 Å². The first-order chi connectivity index (χ1) is 29.0. The Morgan fingerprint density at radius 1 is 1.10 bits per heavy atom. The maximum atomic E-state index is 15.1. The molecule has 328 valence electrons. The fraction of sp³-hybridized carbons (Fsp3) is 0.535. The molecule has 3 fully saturated rings. The molecule has 4 heterocycles. The van der Waals surface area contributed by atoms with Crippen LogP contribution in [0.2, 0.25) is 0 Å². The molecule has 2 aliphatic heterocycles. The summed E-state index contributed by atoms with van der Waals surface area (Å²) in [6.07, 6.45) is 4.16. The normalized spacial score (nSPS) is 28.0. The number of ether oxygens (including phenoxy) is 4. The van der Waals surface area contributed by atoms with E-state index in [1.165, 1.54) is 18.7 Å². The molecule has 3 aromatic rings. The predicted octanol–water partition coefficient (Wildman–Crippen LogP) is 4.48. The van der Waals surface area contributed by atoms with Gasteiger partial charge in [0.1, 0.15) is 29.7 Å². The Kier molecular flexibility index (Phi) is 12.2. The number of sulfonamides is 1. The fourth-order valence-electron chi connectivity index (χ4n) is 7.99. The molecule has 7 rings (SSSR count). The predicted molar refractivity (Wildman–Crippen MR) is 223 cm³/mol. The first-order valence-corrected chi connectivity index (χ1v) is 22.2. The molecule has 2 aliphatic carbocycles. The van der Waals surface area contributed by atoms with Crippen molar-refractivity contribution in [3.8, 4) is 28.8 Å². The molecule has 0 spiro atoms. The molecule has 7 atom stereocenters. The summed E-state index contributed by atoms with van der Waals surface area (Å²) < 4.78 is 52.2. The lowest BCUT2D eigenvalue weighted by Crippen LogP contribution is -2.69. The number of carbonyl (C=O) groups excluding carboxylic acids is 3. The summed E-state index contributed by atoms with van der Waals surface area (Å²) in [5.41, 5.74) is -1.37. The molecule has 1 saturated heterocycles. The number of allylic oxidation sites excluding steroid dienone is 1. The standard InChI is InChI=1S/C43H54N6O11S/c1-7-43(40(52)48-61(55,56)42(5)16-17-42)36(47-41(53)54)39(51)49-23-30(21-35(49)37(50)45-33-19-26(33)11-9-8-10-25(4)60-43)59-38-31-14-12-28(57-6)18-27(31)20-34(46-38)32-15-13-29(22-44-32)58-24(2)3/h9,11-15,18,20,22,24-26,30,33,35-36,47H,7-8,10,16-17,19,21,23H2,1-6H3,(H,45,50)(H,48,52)(H,53,54)/b11-9-/t25-,26-,30-,33-,35+,36-,43+/m1/s1. The number of carbonyl (C=O) groups is 4. The van der Waals surface area contributed by atoms with E-state index < -0.39 is 68.5 Å². The average molecular weight is 863 g/mol. The Morgan fingerprint density at radius 2 is 1.85 bits per heavy atom. The number of benzene rings is 1. The third-order valence-electron chi connectivity index (χ3n) is 11.9. The van der Waals surface area contributed by atoms with Crippen LogP contribution in [0.4, 0.5) is 4.79 Å². The number of nitrogens with zero attached hydrogens (tertiary/aromatic N) is 3. The van der Waals surface area contributed by atoms with Crippen LogP contribution in [-0.4, -0.2) is 113 Å². The van der Waals surface area contributed by atoms with Gasteiger partial charge in [-0.25, -0.2) is 18.2 Å². The highest BCUT2D eigenvalue weighted by molar-refractivity contribution is 7.91. The van der Waals surface area contributed by atoms with Crippen LogP contribution < -0.4 is 29.6 Å². The number of amides is 4. The minimum absolute atomic E-state index is 0.0249. The number of rotatable bonds is 11. The maximum Gasteiger partial charge on any atom is 0.405 e. The van der Waals surface area contributed by atoms with E-state index in [-0.39, 0.29) is 43.3 Å². The molecule has 1 aromatic carbocycles. The molecule has 0 unspecified atom stereocenters. The number of carboxylic acid groups (broad SMARTS) is 1. The van der Waals surface area contributed by atoms with Gasteiger partial charge in [-0.1, -0.05) is 19.1 Å². The molecule has 4 aliphatic rings. The minimum atomic E-state index is -4.26. The van der Waals surface area contributed by atoms with Gasteiger partial charge in [-0.05, 0) is 114 Å². The van der Waals surface area contributed by atoms with E-state index in [1.807, 2.05) is 38.1 Å². The fourth-order valence-corrected chi connectivity index (χ4v) is 9.30. The van der Waals surface area contributed by atoms with Gasteiger partial charge in [0, 0.05) is 17.8 Å². The van der Waals surface area contributed by atoms with Crippen molar-refractivity contribution in [2.75, 3.05) is 13.7 Å². The number of aromatic nitrogens is 2. The SMILES string of the molecule is CC[C@]1(C(=O)NS(=O)(=O)C2(C)CC2)O[C@H](C)CC/C=C\[C@@H]2C[C@H]2NC(=O)[C@@H]2C[C@@H](Oc3nc(-c4ccc(OC(C)C)cn4)cc4cc(OC)ccc34)CN2C(=O)[C@H]1NC(=O)O. The van der Waals surface area contributed by atoms with Crippen LogP contribution in [0.1, 0.15) is 79.6 Å². The first kappa shape index (κ1) is 43.6. The second-order valence-corrected chi connectivity index (χ2v) is 19.1. The number of hydrogen-bond acceptors (Lipinski definition) is 12. The van der Waals surface area contributed by atoms with E-state index in [0.29, 0.717) is 65.8 Å². The molecular formula is C43H54N6O11S. The van der Waals surface area contributed by atoms with E-state index in [0.717, 1.165) is 0 Å². The van der Waals surface area contributed by atoms with E-state index in [4.69, 9.17) is 23.9 Å². The zero-order valence-electron chi connectivity index (χ0n) is 35.2. The number of nitrogens with one attached hydrogen (secondary N) is 3. The van der Waals surface area contributed by atoms with E-state index in [1.54, 1.807) is 44.5 Å². The Morgan fingerprint density at radius 3 is 2.51 bits per heavy atom. The van der Waals surface area contributed by atoms with E-state index in [2.05, 4.69) is 20.3 Å². The average Bonchev–Trinajstić information content (AvgIpc) is 4.11. The van der Waals surface area contributed by atoms with Crippen LogP contribution >= 0.6 is 0 Å². The molecule has 4 N–H and O–H groups in total. The van der Waals surface area contributed by atoms with Gasteiger partial charge in [0.2, 0.25) is 27.7 Å². The number of pyridine rings is 2. The topological polar surface area (TPSA) is 225 Å². The van der Waals surface area contributed by atoms with Gasteiger partial charge in [0.05, 0.1) is 48.2 Å². The first-order valence-electron chi connectivity index (χ1n) is 20.8. The van der Waals surface area contributed by atoms with Crippen molar-refractivity contribution in [3.63, 3.8) is 0 Å². The van der Waals surface area contributed by atoms with Gasteiger partial charge in [-0.15, -0.1) is 0 Å². The van der Waals surface area contributed by atoms with Crippen LogP contribution in [0.3, 0.4) is 0 Å². The van der Waals surface area contributed by atoms with Crippen LogP contribution in [0.25, 0.3) is 22.2 Å². The molecule has 4 amide bonds. The quantitative estimate of drug-likeness (QED) is 0.195. The molecule has 0 bridgehead atoms. The highest BCUT2D eigenvalue weighted by atomic mass is 32.2. The van der Waals surface area contributed by atoms with Crippen molar-refractivity contribution >= 4 is 44.6 Å². The van der Waals surface area contributed by atoms with Gasteiger partial charge in [0.25, 0.3) is 5.91 Å². The third kappa shape index (κ3) is 9.24. The highest BCUT2D eigenvalue weighted by Crippen LogP contribution is 2.43. The summed E-state index contributed by atoms with van der Waals surface area (Å²) in [4.78, 5) is 67.0. The van der Waals surface area contributed by atoms with Crippen molar-refractivity contribution in [3.05, 3.63) is 54.7 Å². The Hall–Kier alpha value is -5.49. The number of fused-ring (bicyclic) bond motifs is 3. The molecule has 18 heteroatoms. The summed E-state index contributed by atoms with van der Waals surface area (Å²) in [7, 11) is -2.71. The Labute approximate surface area is 355 Å². The molecule has 0 radical (unpaired) electrons. The van der Waals surface area contributed by atoms with Crippen molar-refractivity contribution in [2.45, 2.75) is 126 Å². The minimum Gasteiger partial charge on any atom is -0.497 e. The van der Waals surface area contributed by atoms with Gasteiger partial charge < -0.3 is 39.6 Å². The molecule has 2 aromatic heterocycles. The van der Waals surface area contributed by atoms with E-state index in [9.17, 15) is 27.9 Å². The van der Waals surface area contributed by atoms with E-state index >= 15 is 4.79 Å². The molecule has 17 nitrogen and oxygen atoms in total. The molecule has 2 saturated carbocycles. The summed E-state index contributed by atoms with van der Waals surface area (Å²) in [5, 5.41) is 16.8. The second-order valence-electron chi connectivity index (χ2n) is 16.9. The van der Waals surface area contributed by atoms with Gasteiger partial charge in [-0.2, -0.15) is 0 Å². The van der Waals surface area contributed by atoms with Crippen molar-refractivity contribution < 1.29 is 51.6 Å². The molecule has 61 heavy (non-hydrogen) atoms. The number of methoxy groups -OCH3 is 1. The van der Waals surface area contributed by atoms with Crippen molar-refractivity contribution in [2.24, 2.45) is 5.92 Å². The smallest absolute Gasteiger partial charge is 0.405 e. The van der Waals surface area contributed by atoms with Crippen LogP contribution in [0.5, 0.6) is 17.4 Å². The second kappa shape index (κ2) is 17.1. The van der Waals surface area contributed by atoms with Crippen LogP contribution in [0.15, 0.2) is 54.7 Å². The lowest BCUT2D eigenvalue weighted by Gasteiger charge is -2.41. The summed E-state index contributed by atoms with van der Waals surface area (Å²) in [6, 6.07) is 7.43. The Balaban J connectivity index is 1.27. The highest BCUT2D eigenvalue weighted by Gasteiger charge is 2.58. The maximum absolute atomic E-state index is 15.1. The molecular weight excluding hydrogens is 809 g/mol. The third-order valence-corrected chi connectivity index (χ3v) is 14.1. The van der Waals surface area contributed by atoms with Crippen LogP contribution in [-0.2, 0) is 29.1 Å². The lowest BCUT2D eigenvalue weighted by molar-refractivity contribution is -0.169. The largest absolute Gasteiger partial charge is 0.497 e. The monoisotopic (exact) mass is 862 g/mol. The zero-order chi connectivity index (χ0) is 43.9.